The second-order valence-electron chi connectivity index (χ2n) is 4.25. The van der Waals surface area contributed by atoms with E-state index in [0.717, 1.165) is 11.5 Å². The molecule has 1 amide bonds. The SMILES string of the molecule is Nc1c(-c2ccccn2)nsc1C(=O)NCc1ccco1. The third-order valence-corrected chi connectivity index (χ3v) is 3.71. The van der Waals surface area contributed by atoms with Crippen LogP contribution in [-0.4, -0.2) is 15.3 Å². The molecule has 0 saturated carbocycles. The zero-order valence-electron chi connectivity index (χ0n) is 10.9. The molecule has 0 radical (unpaired) electrons. The number of pyridine rings is 1. The van der Waals surface area contributed by atoms with Crippen LogP contribution in [0.4, 0.5) is 5.69 Å². The summed E-state index contributed by atoms with van der Waals surface area (Å²) in [6.07, 6.45) is 3.21. The van der Waals surface area contributed by atoms with E-state index in [4.69, 9.17) is 10.2 Å². The molecule has 0 aliphatic carbocycles. The van der Waals surface area contributed by atoms with Crippen molar-refractivity contribution in [1.29, 1.82) is 0 Å². The van der Waals surface area contributed by atoms with Crippen LogP contribution in [0.25, 0.3) is 11.4 Å². The summed E-state index contributed by atoms with van der Waals surface area (Å²) in [5.74, 6) is 0.403. The van der Waals surface area contributed by atoms with Gasteiger partial charge in [0.15, 0.2) is 0 Å². The molecule has 0 spiro atoms. The Hall–Kier alpha value is -2.67. The molecule has 0 atom stereocenters. The number of aromatic nitrogens is 2. The number of nitrogen functional groups attached to an aromatic ring is 1. The molecule has 7 heteroatoms. The second kappa shape index (κ2) is 5.76. The van der Waals surface area contributed by atoms with E-state index < -0.39 is 0 Å². The number of hydrogen-bond donors (Lipinski definition) is 2. The normalized spacial score (nSPS) is 10.5. The number of carbonyl (C=O) groups is 1. The van der Waals surface area contributed by atoms with E-state index in [1.54, 1.807) is 30.7 Å². The van der Waals surface area contributed by atoms with Gasteiger partial charge in [-0.3, -0.25) is 9.78 Å². The summed E-state index contributed by atoms with van der Waals surface area (Å²) in [4.78, 5) is 16.7. The van der Waals surface area contributed by atoms with Gasteiger partial charge in [-0.25, -0.2) is 0 Å². The van der Waals surface area contributed by atoms with Gasteiger partial charge in [0.2, 0.25) is 0 Å². The highest BCUT2D eigenvalue weighted by Crippen LogP contribution is 2.29. The Labute approximate surface area is 124 Å². The van der Waals surface area contributed by atoms with Crippen LogP contribution in [0, 0.1) is 0 Å². The average molecular weight is 300 g/mol. The fourth-order valence-corrected chi connectivity index (χ4v) is 2.53. The van der Waals surface area contributed by atoms with E-state index >= 15 is 0 Å². The molecular formula is C14H12N4O2S. The molecule has 0 aliphatic heterocycles. The molecule has 3 heterocycles. The number of nitrogens with two attached hydrogens (primary N) is 1. The van der Waals surface area contributed by atoms with E-state index in [9.17, 15) is 4.79 Å². The number of nitrogens with zero attached hydrogens (tertiary/aromatic N) is 2. The van der Waals surface area contributed by atoms with Crippen molar-refractivity contribution in [2.24, 2.45) is 0 Å². The number of furan rings is 1. The third kappa shape index (κ3) is 2.77. The first-order valence-corrected chi connectivity index (χ1v) is 7.00. The predicted molar refractivity (Wildman–Crippen MR) is 79.6 cm³/mol. The Bertz CT molecular complexity index is 738. The standard InChI is InChI=1S/C14H12N4O2S/c15-11-12(10-5-1-2-6-16-10)18-21-13(11)14(19)17-8-9-4-3-7-20-9/h1-7H,8,15H2,(H,17,19). The van der Waals surface area contributed by atoms with E-state index in [0.29, 0.717) is 34.3 Å². The van der Waals surface area contributed by atoms with Crippen LogP contribution in [0.1, 0.15) is 15.4 Å². The van der Waals surface area contributed by atoms with Crippen molar-refractivity contribution < 1.29 is 9.21 Å². The Morgan fingerprint density at radius 3 is 2.95 bits per heavy atom. The number of carbonyl (C=O) groups excluding carboxylic acids is 1. The molecule has 0 unspecified atom stereocenters. The zero-order valence-corrected chi connectivity index (χ0v) is 11.8. The molecule has 3 aromatic heterocycles. The highest BCUT2D eigenvalue weighted by atomic mass is 32.1. The summed E-state index contributed by atoms with van der Waals surface area (Å²) in [7, 11) is 0. The van der Waals surface area contributed by atoms with Gasteiger partial charge in [0.25, 0.3) is 5.91 Å². The van der Waals surface area contributed by atoms with Gasteiger partial charge in [-0.1, -0.05) is 6.07 Å². The first kappa shape index (κ1) is 13.3. The minimum absolute atomic E-state index is 0.274. The summed E-state index contributed by atoms with van der Waals surface area (Å²) in [6, 6.07) is 9.01. The maximum Gasteiger partial charge on any atom is 0.265 e. The minimum atomic E-state index is -0.274. The molecular weight excluding hydrogens is 288 g/mol. The fourth-order valence-electron chi connectivity index (χ4n) is 1.81. The molecule has 6 nitrogen and oxygen atoms in total. The maximum atomic E-state index is 12.1. The van der Waals surface area contributed by atoms with Crippen LogP contribution < -0.4 is 11.1 Å². The molecule has 3 rings (SSSR count). The van der Waals surface area contributed by atoms with Crippen molar-refractivity contribution in [3.63, 3.8) is 0 Å². The van der Waals surface area contributed by atoms with Crippen molar-refractivity contribution in [1.82, 2.24) is 14.7 Å². The number of hydrogen-bond acceptors (Lipinski definition) is 6. The van der Waals surface area contributed by atoms with Crippen molar-refractivity contribution in [3.05, 3.63) is 53.4 Å². The Morgan fingerprint density at radius 2 is 2.24 bits per heavy atom. The molecule has 3 N–H and O–H groups in total. The Morgan fingerprint density at radius 1 is 1.33 bits per heavy atom. The van der Waals surface area contributed by atoms with Crippen molar-refractivity contribution >= 4 is 23.1 Å². The molecule has 0 saturated heterocycles. The monoisotopic (exact) mass is 300 g/mol. The van der Waals surface area contributed by atoms with Crippen molar-refractivity contribution in [3.8, 4) is 11.4 Å². The highest BCUT2D eigenvalue weighted by Gasteiger charge is 2.19. The molecule has 0 aliphatic rings. The van der Waals surface area contributed by atoms with Crippen molar-refractivity contribution in [2.75, 3.05) is 5.73 Å². The number of anilines is 1. The van der Waals surface area contributed by atoms with Crippen LogP contribution in [0.2, 0.25) is 0 Å². The molecule has 0 fully saturated rings. The van der Waals surface area contributed by atoms with Crippen LogP contribution >= 0.6 is 11.5 Å². The summed E-state index contributed by atoms with van der Waals surface area (Å²) in [5, 5.41) is 2.74. The smallest absolute Gasteiger partial charge is 0.265 e. The highest BCUT2D eigenvalue weighted by molar-refractivity contribution is 7.09. The van der Waals surface area contributed by atoms with Crippen LogP contribution in [0.3, 0.4) is 0 Å². The summed E-state index contributed by atoms with van der Waals surface area (Å²) in [6.45, 7) is 0.308. The lowest BCUT2D eigenvalue weighted by Gasteiger charge is -2.02. The lowest BCUT2D eigenvalue weighted by molar-refractivity contribution is 0.0953. The average Bonchev–Trinajstić information content (AvgIpc) is 3.15. The van der Waals surface area contributed by atoms with E-state index in [2.05, 4.69) is 14.7 Å². The van der Waals surface area contributed by atoms with Gasteiger partial charge in [0.1, 0.15) is 16.3 Å². The van der Waals surface area contributed by atoms with Gasteiger partial charge in [-0.2, -0.15) is 4.37 Å². The first-order valence-electron chi connectivity index (χ1n) is 6.23. The topological polar surface area (TPSA) is 94.0 Å². The molecule has 21 heavy (non-hydrogen) atoms. The summed E-state index contributed by atoms with van der Waals surface area (Å²) < 4.78 is 9.38. The zero-order chi connectivity index (χ0) is 14.7. The maximum absolute atomic E-state index is 12.1. The number of amides is 1. The Kier molecular flexibility index (Phi) is 3.65. The second-order valence-corrected chi connectivity index (χ2v) is 5.02. The van der Waals surface area contributed by atoms with Crippen LogP contribution in [-0.2, 0) is 6.54 Å². The largest absolute Gasteiger partial charge is 0.467 e. The molecule has 0 aromatic carbocycles. The minimum Gasteiger partial charge on any atom is -0.467 e. The van der Waals surface area contributed by atoms with Gasteiger partial charge in [-0.15, -0.1) is 0 Å². The van der Waals surface area contributed by atoms with Gasteiger partial charge in [0, 0.05) is 6.20 Å². The lowest BCUT2D eigenvalue weighted by atomic mass is 10.2. The molecule has 3 aromatic rings. The van der Waals surface area contributed by atoms with Crippen molar-refractivity contribution in [2.45, 2.75) is 6.54 Å². The molecule has 106 valence electrons. The number of rotatable bonds is 4. The fraction of sp³-hybridized carbons (Fsp3) is 0.0714. The van der Waals surface area contributed by atoms with Gasteiger partial charge < -0.3 is 15.5 Å². The van der Waals surface area contributed by atoms with Gasteiger partial charge in [-0.05, 0) is 35.8 Å². The van der Waals surface area contributed by atoms with E-state index in [1.165, 1.54) is 0 Å². The van der Waals surface area contributed by atoms with Crippen LogP contribution in [0.15, 0.2) is 47.2 Å². The van der Waals surface area contributed by atoms with Gasteiger partial charge >= 0.3 is 0 Å². The summed E-state index contributed by atoms with van der Waals surface area (Å²) >= 11 is 1.06. The number of nitrogens with one attached hydrogen (secondary N) is 1. The third-order valence-electron chi connectivity index (χ3n) is 2.84. The quantitative estimate of drug-likeness (QED) is 0.771. The Balaban J connectivity index is 1.77. The first-order chi connectivity index (χ1) is 10.3. The van der Waals surface area contributed by atoms with E-state index in [-0.39, 0.29) is 5.91 Å². The van der Waals surface area contributed by atoms with E-state index in [1.807, 2.05) is 12.1 Å². The molecule has 0 bridgehead atoms. The summed E-state index contributed by atoms with van der Waals surface area (Å²) in [5.41, 5.74) is 7.53. The van der Waals surface area contributed by atoms with Crippen LogP contribution in [0.5, 0.6) is 0 Å². The van der Waals surface area contributed by atoms with Gasteiger partial charge in [0.05, 0.1) is 24.2 Å². The predicted octanol–water partition coefficient (Wildman–Crippen LogP) is 2.31. The lowest BCUT2D eigenvalue weighted by Crippen LogP contribution is -2.22.